The number of carbonyl (C=O) groups excluding carboxylic acids is 1. The zero-order valence-corrected chi connectivity index (χ0v) is 16.9. The van der Waals surface area contributed by atoms with Crippen LogP contribution in [-0.4, -0.2) is 36.5 Å². The van der Waals surface area contributed by atoms with Gasteiger partial charge in [-0.05, 0) is 48.7 Å². The number of benzene rings is 2. The van der Waals surface area contributed by atoms with Crippen LogP contribution in [0, 0.1) is 10.1 Å². The van der Waals surface area contributed by atoms with Crippen LogP contribution in [-0.2, 0) is 4.79 Å². The van der Waals surface area contributed by atoms with Gasteiger partial charge in [0.1, 0.15) is 16.5 Å². The van der Waals surface area contributed by atoms with Gasteiger partial charge >= 0.3 is 0 Å². The van der Waals surface area contributed by atoms with E-state index in [0.717, 1.165) is 18.4 Å². The molecule has 1 fully saturated rings. The summed E-state index contributed by atoms with van der Waals surface area (Å²) in [7, 11) is 3.19. The molecule has 0 N–H and O–H groups in total. The van der Waals surface area contributed by atoms with Gasteiger partial charge in [0, 0.05) is 24.3 Å². The number of ether oxygens (including phenoxy) is 2. The van der Waals surface area contributed by atoms with E-state index in [1.807, 2.05) is 18.2 Å². The fourth-order valence-corrected chi connectivity index (χ4v) is 3.68. The minimum absolute atomic E-state index is 0.0585. The number of rotatable bonds is 6. The number of methoxy groups -OCH3 is 2. The lowest BCUT2D eigenvalue weighted by atomic mass is 10.0. The molecule has 0 bridgehead atoms. The van der Waals surface area contributed by atoms with Gasteiger partial charge in [0.15, 0.2) is 0 Å². The third-order valence-electron chi connectivity index (χ3n) is 4.92. The molecule has 2 aromatic rings. The molecule has 1 aliphatic heterocycles. The first-order chi connectivity index (χ1) is 13.9. The highest BCUT2D eigenvalue weighted by atomic mass is 35.5. The van der Waals surface area contributed by atoms with Crippen molar-refractivity contribution < 1.29 is 19.2 Å². The van der Waals surface area contributed by atoms with Crippen LogP contribution in [0.3, 0.4) is 0 Å². The van der Waals surface area contributed by atoms with E-state index < -0.39 is 4.92 Å². The molecule has 0 aromatic heterocycles. The minimum Gasteiger partial charge on any atom is -0.497 e. The molecule has 1 saturated heterocycles. The van der Waals surface area contributed by atoms with Crippen molar-refractivity contribution in [3.05, 3.63) is 68.7 Å². The van der Waals surface area contributed by atoms with Gasteiger partial charge in [0.05, 0.1) is 25.2 Å². The molecule has 7 nitrogen and oxygen atoms in total. The Morgan fingerprint density at radius 3 is 2.72 bits per heavy atom. The second-order valence-corrected chi connectivity index (χ2v) is 7.01. The van der Waals surface area contributed by atoms with Crippen molar-refractivity contribution in [2.24, 2.45) is 0 Å². The molecular weight excluding hydrogens is 396 g/mol. The molecule has 0 saturated carbocycles. The summed E-state index contributed by atoms with van der Waals surface area (Å²) >= 11 is 5.83. The number of amides is 1. The molecule has 0 spiro atoms. The number of carbonyl (C=O) groups is 1. The van der Waals surface area contributed by atoms with Crippen LogP contribution in [0.25, 0.3) is 6.08 Å². The summed E-state index contributed by atoms with van der Waals surface area (Å²) in [5, 5.41) is 11.1. The van der Waals surface area contributed by atoms with Crippen LogP contribution in [0.4, 0.5) is 5.69 Å². The summed E-state index contributed by atoms with van der Waals surface area (Å²) in [5.74, 6) is 1.23. The van der Waals surface area contributed by atoms with E-state index in [-0.39, 0.29) is 22.7 Å². The molecule has 1 atom stereocenters. The maximum Gasteiger partial charge on any atom is 0.288 e. The maximum atomic E-state index is 12.8. The summed E-state index contributed by atoms with van der Waals surface area (Å²) in [6, 6.07) is 9.83. The fourth-order valence-electron chi connectivity index (χ4n) is 3.49. The van der Waals surface area contributed by atoms with Crippen LogP contribution in [0.1, 0.15) is 30.0 Å². The number of nitrogens with zero attached hydrogens (tertiary/aromatic N) is 2. The lowest BCUT2D eigenvalue weighted by Gasteiger charge is -2.25. The van der Waals surface area contributed by atoms with Crippen molar-refractivity contribution >= 4 is 29.3 Å². The number of hydrogen-bond acceptors (Lipinski definition) is 5. The highest BCUT2D eigenvalue weighted by Gasteiger charge is 2.31. The summed E-state index contributed by atoms with van der Waals surface area (Å²) in [6.45, 7) is 0.620. The summed E-state index contributed by atoms with van der Waals surface area (Å²) in [6.07, 6.45) is 4.67. The van der Waals surface area contributed by atoms with E-state index >= 15 is 0 Å². The molecule has 1 amide bonds. The molecule has 3 rings (SSSR count). The van der Waals surface area contributed by atoms with Crippen LogP contribution in [0.5, 0.6) is 11.5 Å². The molecule has 29 heavy (non-hydrogen) atoms. The molecule has 1 unspecified atom stereocenters. The smallest absolute Gasteiger partial charge is 0.288 e. The first-order valence-corrected chi connectivity index (χ1v) is 9.47. The molecule has 0 aliphatic carbocycles. The van der Waals surface area contributed by atoms with Crippen molar-refractivity contribution in [3.8, 4) is 11.5 Å². The number of likely N-dealkylation sites (tertiary alicyclic amines) is 1. The van der Waals surface area contributed by atoms with Gasteiger partial charge in [0.25, 0.3) is 5.69 Å². The Hall–Kier alpha value is -3.06. The van der Waals surface area contributed by atoms with Gasteiger partial charge < -0.3 is 14.4 Å². The van der Waals surface area contributed by atoms with E-state index in [4.69, 9.17) is 21.1 Å². The Morgan fingerprint density at radius 2 is 2.03 bits per heavy atom. The van der Waals surface area contributed by atoms with Gasteiger partial charge in [-0.15, -0.1) is 0 Å². The predicted octanol–water partition coefficient (Wildman–Crippen LogP) is 4.64. The maximum absolute atomic E-state index is 12.8. The highest BCUT2D eigenvalue weighted by Crippen LogP contribution is 2.39. The molecule has 1 heterocycles. The van der Waals surface area contributed by atoms with E-state index in [9.17, 15) is 14.9 Å². The number of halogens is 1. The Morgan fingerprint density at radius 1 is 1.24 bits per heavy atom. The lowest BCUT2D eigenvalue weighted by Crippen LogP contribution is -2.29. The summed E-state index contributed by atoms with van der Waals surface area (Å²) < 4.78 is 10.8. The topological polar surface area (TPSA) is 81.9 Å². The zero-order valence-electron chi connectivity index (χ0n) is 16.1. The van der Waals surface area contributed by atoms with Crippen molar-refractivity contribution in [1.29, 1.82) is 0 Å². The lowest BCUT2D eigenvalue weighted by molar-refractivity contribution is -0.384. The summed E-state index contributed by atoms with van der Waals surface area (Å²) in [5.41, 5.74) is 1.24. The average Bonchev–Trinajstić information content (AvgIpc) is 3.22. The summed E-state index contributed by atoms with van der Waals surface area (Å²) in [4.78, 5) is 25.1. The van der Waals surface area contributed by atoms with Gasteiger partial charge in [-0.25, -0.2) is 0 Å². The van der Waals surface area contributed by atoms with Crippen molar-refractivity contribution in [1.82, 2.24) is 4.90 Å². The van der Waals surface area contributed by atoms with Crippen LogP contribution in [0.2, 0.25) is 5.02 Å². The van der Waals surface area contributed by atoms with Crippen LogP contribution in [0.15, 0.2) is 42.5 Å². The van der Waals surface area contributed by atoms with Gasteiger partial charge in [-0.1, -0.05) is 17.7 Å². The van der Waals surface area contributed by atoms with Gasteiger partial charge in [0.2, 0.25) is 5.91 Å². The van der Waals surface area contributed by atoms with Crippen LogP contribution >= 0.6 is 11.6 Å². The van der Waals surface area contributed by atoms with Gasteiger partial charge in [-0.2, -0.15) is 0 Å². The van der Waals surface area contributed by atoms with Crippen molar-refractivity contribution in [2.45, 2.75) is 18.9 Å². The van der Waals surface area contributed by atoms with Crippen molar-refractivity contribution in [2.75, 3.05) is 20.8 Å². The Labute approximate surface area is 173 Å². The standard InChI is InChI=1S/C21H21ClN2O5/c1-28-15-7-9-20(29-2)16(13-15)18-4-3-11-23(18)21(25)10-6-14-5-8-17(22)19(12-14)24(26)27/h5-10,12-13,18H,3-4,11H2,1-2H3. The molecule has 152 valence electrons. The van der Waals surface area contributed by atoms with Crippen LogP contribution < -0.4 is 9.47 Å². The first-order valence-electron chi connectivity index (χ1n) is 9.09. The minimum atomic E-state index is -0.549. The monoisotopic (exact) mass is 416 g/mol. The normalized spacial score (nSPS) is 16.2. The zero-order chi connectivity index (χ0) is 21.0. The van der Waals surface area contributed by atoms with E-state index in [0.29, 0.717) is 23.6 Å². The molecule has 0 radical (unpaired) electrons. The number of nitro groups is 1. The quantitative estimate of drug-likeness (QED) is 0.389. The fraction of sp³-hybridized carbons (Fsp3) is 0.286. The molecule has 1 aliphatic rings. The second kappa shape index (κ2) is 8.96. The largest absolute Gasteiger partial charge is 0.497 e. The molecule has 2 aromatic carbocycles. The third-order valence-corrected chi connectivity index (χ3v) is 5.24. The third kappa shape index (κ3) is 4.51. The second-order valence-electron chi connectivity index (χ2n) is 6.60. The first kappa shape index (κ1) is 20.7. The van der Waals surface area contributed by atoms with E-state index in [1.54, 1.807) is 31.3 Å². The highest BCUT2D eigenvalue weighted by molar-refractivity contribution is 6.32. The van der Waals surface area contributed by atoms with E-state index in [2.05, 4.69) is 0 Å². The Balaban J connectivity index is 1.83. The number of nitro benzene ring substituents is 1. The van der Waals surface area contributed by atoms with Crippen molar-refractivity contribution in [3.63, 3.8) is 0 Å². The van der Waals surface area contributed by atoms with Gasteiger partial charge in [-0.3, -0.25) is 14.9 Å². The Bertz CT molecular complexity index is 960. The Kier molecular flexibility index (Phi) is 6.39. The average molecular weight is 417 g/mol. The van der Waals surface area contributed by atoms with E-state index in [1.165, 1.54) is 18.2 Å². The molecule has 8 heteroatoms. The predicted molar refractivity (Wildman–Crippen MR) is 110 cm³/mol. The molecular formula is C21H21ClN2O5. The number of hydrogen-bond donors (Lipinski definition) is 0. The SMILES string of the molecule is COc1ccc(OC)c(C2CCCN2C(=O)C=Cc2ccc(Cl)c([N+](=O)[O-])c2)c1.